The Hall–Kier alpha value is -2.96. The Bertz CT molecular complexity index is 1090. The third-order valence-corrected chi connectivity index (χ3v) is 6.04. The lowest BCUT2D eigenvalue weighted by atomic mass is 9.90. The molecule has 1 fully saturated rings. The van der Waals surface area contributed by atoms with Gasteiger partial charge in [-0.05, 0) is 41.8 Å². The molecular formula is C23H23ClN5O+. The second-order valence-electron chi connectivity index (χ2n) is 7.87. The lowest BCUT2D eigenvalue weighted by Crippen LogP contribution is -2.86. The molecule has 0 radical (unpaired) electrons. The molecule has 0 saturated carbocycles. The lowest BCUT2D eigenvalue weighted by molar-refractivity contribution is -0.663. The van der Waals surface area contributed by atoms with Crippen molar-refractivity contribution in [1.82, 2.24) is 9.97 Å². The number of aromatic nitrogens is 2. The minimum absolute atomic E-state index is 0.0996. The monoisotopic (exact) mass is 420 g/mol. The molecule has 2 aliphatic rings. The van der Waals surface area contributed by atoms with Crippen LogP contribution in [0.5, 0.6) is 0 Å². The normalized spacial score (nSPS) is 16.2. The molecule has 3 heterocycles. The van der Waals surface area contributed by atoms with Crippen LogP contribution in [0.2, 0.25) is 5.02 Å². The fourth-order valence-corrected chi connectivity index (χ4v) is 4.42. The molecule has 0 unspecified atom stereocenters. The maximum atomic E-state index is 12.2. The first-order valence-electron chi connectivity index (χ1n) is 10.3. The summed E-state index contributed by atoms with van der Waals surface area (Å²) in [5, 5.41) is 9.16. The summed E-state index contributed by atoms with van der Waals surface area (Å²) < 4.78 is 0. The summed E-state index contributed by atoms with van der Waals surface area (Å²) in [5.74, 6) is 1.06. The van der Waals surface area contributed by atoms with E-state index in [1.54, 1.807) is 18.3 Å². The van der Waals surface area contributed by atoms with Gasteiger partial charge >= 0.3 is 0 Å². The number of hydrogen-bond acceptors (Lipinski definition) is 4. The predicted octanol–water partition coefficient (Wildman–Crippen LogP) is 3.48. The quantitative estimate of drug-likeness (QED) is 0.605. The summed E-state index contributed by atoms with van der Waals surface area (Å²) in [6, 6.07) is 14.0. The number of anilines is 3. The number of halogens is 1. The Labute approximate surface area is 180 Å². The van der Waals surface area contributed by atoms with Gasteiger partial charge in [0.2, 0.25) is 11.9 Å². The number of hydrogen-bond donors (Lipinski definition) is 3. The number of amides is 1. The van der Waals surface area contributed by atoms with Crippen molar-refractivity contribution in [3.63, 3.8) is 0 Å². The molecule has 2 aliphatic heterocycles. The number of quaternary nitrogens is 1. The van der Waals surface area contributed by atoms with Crippen LogP contribution in [0.15, 0.2) is 48.7 Å². The molecule has 0 atom stereocenters. The molecule has 2 aromatic carbocycles. The Balaban J connectivity index is 1.42. The number of nitrogens with zero attached hydrogens (tertiary/aromatic N) is 2. The first-order chi connectivity index (χ1) is 14.7. The van der Waals surface area contributed by atoms with Gasteiger partial charge in [0.15, 0.2) is 0 Å². The predicted molar refractivity (Wildman–Crippen MR) is 118 cm³/mol. The van der Waals surface area contributed by atoms with Crippen LogP contribution in [0, 0.1) is 0 Å². The van der Waals surface area contributed by atoms with Crippen molar-refractivity contribution >= 4 is 34.8 Å². The van der Waals surface area contributed by atoms with E-state index in [0.29, 0.717) is 22.6 Å². The minimum Gasteiger partial charge on any atom is -0.346 e. The molecule has 3 aromatic rings. The van der Waals surface area contributed by atoms with Crippen LogP contribution in [0.25, 0.3) is 11.3 Å². The number of rotatable bonds is 3. The van der Waals surface area contributed by atoms with Crippen molar-refractivity contribution in [2.24, 2.45) is 0 Å². The maximum absolute atomic E-state index is 12.2. The largest absolute Gasteiger partial charge is 0.346 e. The second-order valence-corrected chi connectivity index (χ2v) is 8.31. The highest BCUT2D eigenvalue weighted by atomic mass is 35.5. The summed E-state index contributed by atoms with van der Waals surface area (Å²) in [6.07, 6.45) is 4.42. The molecule has 152 valence electrons. The Morgan fingerprint density at radius 1 is 1.10 bits per heavy atom. The molecule has 0 bridgehead atoms. The Morgan fingerprint density at radius 3 is 2.70 bits per heavy atom. The van der Waals surface area contributed by atoms with Gasteiger partial charge in [-0.15, -0.1) is 0 Å². The highest BCUT2D eigenvalue weighted by molar-refractivity contribution is 6.31. The van der Waals surface area contributed by atoms with E-state index in [-0.39, 0.29) is 12.3 Å². The topological polar surface area (TPSA) is 83.5 Å². The molecule has 30 heavy (non-hydrogen) atoms. The average Bonchev–Trinajstić information content (AvgIpc) is 2.89. The first kappa shape index (κ1) is 19.0. The summed E-state index contributed by atoms with van der Waals surface area (Å²) in [7, 11) is 0. The summed E-state index contributed by atoms with van der Waals surface area (Å²) >= 11 is 6.11. The number of piperidine rings is 1. The molecule has 7 heteroatoms. The van der Waals surface area contributed by atoms with Gasteiger partial charge in [-0.2, -0.15) is 0 Å². The van der Waals surface area contributed by atoms with Crippen molar-refractivity contribution in [2.45, 2.75) is 25.2 Å². The van der Waals surface area contributed by atoms with Crippen molar-refractivity contribution in [1.29, 1.82) is 0 Å². The van der Waals surface area contributed by atoms with Crippen LogP contribution < -0.4 is 16.0 Å². The van der Waals surface area contributed by atoms with Crippen LogP contribution in [0.4, 0.5) is 17.3 Å². The molecular weight excluding hydrogens is 398 g/mol. The molecule has 1 aromatic heterocycles. The summed E-state index contributed by atoms with van der Waals surface area (Å²) in [6.45, 7) is 2.41. The van der Waals surface area contributed by atoms with Crippen LogP contribution in [0.3, 0.4) is 0 Å². The number of carbonyl (C=O) groups is 1. The Kier molecular flexibility index (Phi) is 5.11. The molecule has 6 nitrogen and oxygen atoms in total. The number of nitrogens with one attached hydrogen (secondary N) is 2. The SMILES string of the molecule is O=C1Cc2cnc(Nc3ccc(C4CC[NH2+]CC4)cc3)nc2-c2ccc(Cl)cc2N1. The Morgan fingerprint density at radius 2 is 1.90 bits per heavy atom. The van der Waals surface area contributed by atoms with Gasteiger partial charge in [-0.3, -0.25) is 4.79 Å². The van der Waals surface area contributed by atoms with Gasteiger partial charge in [0.1, 0.15) is 0 Å². The highest BCUT2D eigenvalue weighted by Crippen LogP contribution is 2.35. The third-order valence-electron chi connectivity index (χ3n) is 5.80. The second kappa shape index (κ2) is 8.05. The van der Waals surface area contributed by atoms with E-state index in [1.807, 2.05) is 6.07 Å². The van der Waals surface area contributed by atoms with Gasteiger partial charge in [0, 0.05) is 40.9 Å². The minimum atomic E-state index is -0.0996. The summed E-state index contributed by atoms with van der Waals surface area (Å²) in [4.78, 5) is 21.4. The zero-order valence-corrected chi connectivity index (χ0v) is 17.2. The van der Waals surface area contributed by atoms with Crippen LogP contribution in [-0.2, 0) is 11.2 Å². The third kappa shape index (κ3) is 3.88. The fraction of sp³-hybridized carbons (Fsp3) is 0.261. The van der Waals surface area contributed by atoms with Gasteiger partial charge in [0.05, 0.1) is 30.9 Å². The van der Waals surface area contributed by atoms with E-state index in [1.165, 1.54) is 31.5 Å². The smallest absolute Gasteiger partial charge is 0.228 e. The van der Waals surface area contributed by atoms with Gasteiger partial charge in [0.25, 0.3) is 0 Å². The summed E-state index contributed by atoms with van der Waals surface area (Å²) in [5.41, 5.74) is 5.39. The van der Waals surface area contributed by atoms with E-state index >= 15 is 0 Å². The molecule has 0 aliphatic carbocycles. The molecule has 4 N–H and O–H groups in total. The van der Waals surface area contributed by atoms with Crippen molar-refractivity contribution < 1.29 is 10.1 Å². The van der Waals surface area contributed by atoms with Gasteiger partial charge < -0.3 is 16.0 Å². The molecule has 1 saturated heterocycles. The standard InChI is InChI=1S/C23H22ClN5O/c24-17-3-6-19-20(12-17)28-21(30)11-16-13-26-23(29-22(16)19)27-18-4-1-14(2-5-18)15-7-9-25-10-8-15/h1-6,12-13,15,25H,7-11H2,(H,28,30)(H,26,27,29)/p+1. The molecule has 1 amide bonds. The molecule has 0 spiro atoms. The van der Waals surface area contributed by atoms with E-state index in [9.17, 15) is 4.79 Å². The fourth-order valence-electron chi connectivity index (χ4n) is 4.25. The number of nitrogens with two attached hydrogens (primary N) is 1. The van der Waals surface area contributed by atoms with Crippen molar-refractivity contribution in [3.05, 3.63) is 64.8 Å². The molecule has 5 rings (SSSR count). The lowest BCUT2D eigenvalue weighted by Gasteiger charge is -2.20. The van der Waals surface area contributed by atoms with E-state index in [4.69, 9.17) is 16.6 Å². The van der Waals surface area contributed by atoms with Crippen LogP contribution in [0.1, 0.15) is 29.9 Å². The zero-order valence-electron chi connectivity index (χ0n) is 16.5. The van der Waals surface area contributed by atoms with E-state index < -0.39 is 0 Å². The average molecular weight is 421 g/mol. The zero-order chi connectivity index (χ0) is 20.5. The van der Waals surface area contributed by atoms with Crippen molar-refractivity contribution in [2.75, 3.05) is 23.7 Å². The first-order valence-corrected chi connectivity index (χ1v) is 10.7. The van der Waals surface area contributed by atoms with Gasteiger partial charge in [-0.25, -0.2) is 9.97 Å². The van der Waals surface area contributed by atoms with Crippen molar-refractivity contribution in [3.8, 4) is 11.3 Å². The number of benzene rings is 2. The number of fused-ring (bicyclic) bond motifs is 3. The van der Waals surface area contributed by atoms with Gasteiger partial charge in [-0.1, -0.05) is 23.7 Å². The maximum Gasteiger partial charge on any atom is 0.228 e. The highest BCUT2D eigenvalue weighted by Gasteiger charge is 2.21. The van der Waals surface area contributed by atoms with E-state index in [0.717, 1.165) is 22.5 Å². The number of carbonyl (C=O) groups excluding carboxylic acids is 1. The van der Waals surface area contributed by atoms with Crippen LogP contribution >= 0.6 is 11.6 Å². The van der Waals surface area contributed by atoms with E-state index in [2.05, 4.69) is 45.2 Å². The van der Waals surface area contributed by atoms with Crippen LogP contribution in [-0.4, -0.2) is 29.0 Å².